The molecule has 2 nitrogen and oxygen atoms in total. The first-order valence-corrected chi connectivity index (χ1v) is 7.40. The summed E-state index contributed by atoms with van der Waals surface area (Å²) in [6, 6.07) is 15.0. The second-order valence-electron chi connectivity index (χ2n) is 5.33. The van der Waals surface area contributed by atoms with E-state index in [-0.39, 0.29) is 17.0 Å². The smallest absolute Gasteiger partial charge is 0.136 e. The van der Waals surface area contributed by atoms with Gasteiger partial charge in [0.1, 0.15) is 5.84 Å². The summed E-state index contributed by atoms with van der Waals surface area (Å²) >= 11 is 6.19. The highest BCUT2D eigenvalue weighted by atomic mass is 79.9. The van der Waals surface area contributed by atoms with Crippen LogP contribution in [0.5, 0.6) is 0 Å². The van der Waals surface area contributed by atoms with Crippen molar-refractivity contribution in [2.45, 2.75) is 19.4 Å². The molecule has 2 aliphatic rings. The zero-order chi connectivity index (χ0) is 13.7. The SMILES string of the molecule is Br.CCC1CN2C(=N1)c1ccccc1-c1cc(Cl)ccc12. The Labute approximate surface area is 140 Å². The molecular formula is C17H16BrClN2. The molecule has 2 aromatic rings. The highest BCUT2D eigenvalue weighted by Gasteiger charge is 2.33. The minimum Gasteiger partial charge on any atom is -0.323 e. The number of aliphatic imine (C=N–C) groups is 1. The summed E-state index contributed by atoms with van der Waals surface area (Å²) < 4.78 is 0. The average Bonchev–Trinajstić information content (AvgIpc) is 2.92. The fraction of sp³-hybridized carbons (Fsp3) is 0.235. The lowest BCUT2D eigenvalue weighted by molar-refractivity contribution is 0.693. The number of benzene rings is 2. The van der Waals surface area contributed by atoms with Crippen molar-refractivity contribution in [3.05, 3.63) is 53.1 Å². The molecule has 0 saturated carbocycles. The van der Waals surface area contributed by atoms with Gasteiger partial charge in [-0.15, -0.1) is 17.0 Å². The van der Waals surface area contributed by atoms with E-state index in [0.717, 1.165) is 23.8 Å². The fourth-order valence-corrected chi connectivity index (χ4v) is 3.27. The zero-order valence-corrected chi connectivity index (χ0v) is 14.2. The number of fused-ring (bicyclic) bond motifs is 6. The van der Waals surface area contributed by atoms with Gasteiger partial charge >= 0.3 is 0 Å². The van der Waals surface area contributed by atoms with Crippen molar-refractivity contribution >= 4 is 40.1 Å². The molecule has 0 saturated heterocycles. The van der Waals surface area contributed by atoms with Gasteiger partial charge in [0.15, 0.2) is 0 Å². The molecule has 1 atom stereocenters. The van der Waals surface area contributed by atoms with Gasteiger partial charge in [0.25, 0.3) is 0 Å². The molecule has 4 rings (SSSR count). The maximum Gasteiger partial charge on any atom is 0.136 e. The average molecular weight is 364 g/mol. The number of halogens is 2. The molecule has 0 bridgehead atoms. The fourth-order valence-electron chi connectivity index (χ4n) is 3.10. The summed E-state index contributed by atoms with van der Waals surface area (Å²) in [7, 11) is 0. The minimum atomic E-state index is 0. The number of hydrogen-bond acceptors (Lipinski definition) is 2. The van der Waals surface area contributed by atoms with Crippen molar-refractivity contribution in [3.63, 3.8) is 0 Å². The summed E-state index contributed by atoms with van der Waals surface area (Å²) in [4.78, 5) is 7.24. The standard InChI is InChI=1S/C17H15ClN2.BrH/c1-2-12-10-20-16-8-7-11(18)9-15(16)13-5-3-4-6-14(13)17(20)19-12;/h3-9,12H,2,10H2,1H3;1H. The molecule has 0 radical (unpaired) electrons. The van der Waals surface area contributed by atoms with Crippen LogP contribution >= 0.6 is 28.6 Å². The van der Waals surface area contributed by atoms with Gasteiger partial charge in [-0.05, 0) is 30.2 Å². The molecule has 2 aromatic carbocycles. The zero-order valence-electron chi connectivity index (χ0n) is 11.7. The van der Waals surface area contributed by atoms with Crippen LogP contribution in [0, 0.1) is 0 Å². The van der Waals surface area contributed by atoms with Gasteiger partial charge in [0, 0.05) is 22.7 Å². The Balaban J connectivity index is 0.00000132. The summed E-state index contributed by atoms with van der Waals surface area (Å²) in [6.45, 7) is 3.16. The second kappa shape index (κ2) is 5.47. The number of nitrogens with zero attached hydrogens (tertiary/aromatic N) is 2. The maximum absolute atomic E-state index is 6.19. The monoisotopic (exact) mass is 362 g/mol. The maximum atomic E-state index is 6.19. The first kappa shape index (κ1) is 14.6. The molecule has 0 aliphatic carbocycles. The number of amidine groups is 1. The minimum absolute atomic E-state index is 0. The molecule has 1 unspecified atom stereocenters. The van der Waals surface area contributed by atoms with Gasteiger partial charge < -0.3 is 4.90 Å². The Morgan fingerprint density at radius 3 is 2.67 bits per heavy atom. The Morgan fingerprint density at radius 1 is 1.14 bits per heavy atom. The predicted octanol–water partition coefficient (Wildman–Crippen LogP) is 4.94. The quantitative estimate of drug-likeness (QED) is 0.700. The third-order valence-electron chi connectivity index (χ3n) is 4.13. The lowest BCUT2D eigenvalue weighted by Crippen LogP contribution is -2.32. The number of hydrogen-bond donors (Lipinski definition) is 0. The van der Waals surface area contributed by atoms with E-state index in [9.17, 15) is 0 Å². The van der Waals surface area contributed by atoms with Gasteiger partial charge in [-0.25, -0.2) is 0 Å². The molecule has 0 N–H and O–H groups in total. The molecule has 2 aliphatic heterocycles. The van der Waals surface area contributed by atoms with E-state index in [2.05, 4.69) is 48.2 Å². The molecule has 0 spiro atoms. The van der Waals surface area contributed by atoms with E-state index in [1.807, 2.05) is 6.07 Å². The van der Waals surface area contributed by atoms with E-state index in [1.54, 1.807) is 0 Å². The normalized spacial score (nSPS) is 18.3. The molecule has 108 valence electrons. The summed E-state index contributed by atoms with van der Waals surface area (Å²) in [6.07, 6.45) is 1.07. The summed E-state index contributed by atoms with van der Waals surface area (Å²) in [5, 5.41) is 0.783. The summed E-state index contributed by atoms with van der Waals surface area (Å²) in [5.41, 5.74) is 4.89. The Bertz CT molecular complexity index is 726. The van der Waals surface area contributed by atoms with Crippen molar-refractivity contribution in [3.8, 4) is 11.1 Å². The van der Waals surface area contributed by atoms with Crippen molar-refractivity contribution in [2.24, 2.45) is 4.99 Å². The van der Waals surface area contributed by atoms with E-state index in [0.29, 0.717) is 6.04 Å². The first-order chi connectivity index (χ1) is 9.78. The van der Waals surface area contributed by atoms with E-state index in [4.69, 9.17) is 16.6 Å². The van der Waals surface area contributed by atoms with Crippen LogP contribution in [0.15, 0.2) is 47.5 Å². The number of anilines is 1. The molecule has 4 heteroatoms. The molecular weight excluding hydrogens is 348 g/mol. The van der Waals surface area contributed by atoms with Gasteiger partial charge in [0.2, 0.25) is 0 Å². The van der Waals surface area contributed by atoms with Gasteiger partial charge in [-0.1, -0.05) is 42.8 Å². The largest absolute Gasteiger partial charge is 0.323 e. The van der Waals surface area contributed by atoms with Crippen LogP contribution in [0.2, 0.25) is 5.02 Å². The Kier molecular flexibility index (Phi) is 3.80. The lowest BCUT2D eigenvalue weighted by Gasteiger charge is -2.30. The van der Waals surface area contributed by atoms with Crippen molar-refractivity contribution in [2.75, 3.05) is 11.4 Å². The van der Waals surface area contributed by atoms with Crippen LogP contribution in [0.25, 0.3) is 11.1 Å². The summed E-state index contributed by atoms with van der Waals surface area (Å²) in [5.74, 6) is 1.11. The van der Waals surface area contributed by atoms with E-state index >= 15 is 0 Å². The van der Waals surface area contributed by atoms with Gasteiger partial charge in [-0.3, -0.25) is 4.99 Å². The highest BCUT2D eigenvalue weighted by Crippen LogP contribution is 2.42. The number of rotatable bonds is 1. The van der Waals surface area contributed by atoms with Crippen LogP contribution in [-0.2, 0) is 0 Å². The molecule has 0 amide bonds. The van der Waals surface area contributed by atoms with Gasteiger partial charge in [0.05, 0.1) is 11.7 Å². The van der Waals surface area contributed by atoms with Crippen LogP contribution in [0.3, 0.4) is 0 Å². The molecule has 0 fully saturated rings. The third-order valence-corrected chi connectivity index (χ3v) is 4.37. The van der Waals surface area contributed by atoms with Crippen LogP contribution in [-0.4, -0.2) is 18.4 Å². The first-order valence-electron chi connectivity index (χ1n) is 7.02. The molecule has 2 heterocycles. The Hall–Kier alpha value is -1.32. The van der Waals surface area contributed by atoms with Crippen LogP contribution in [0.1, 0.15) is 18.9 Å². The third kappa shape index (κ3) is 2.19. The second-order valence-corrected chi connectivity index (χ2v) is 5.77. The van der Waals surface area contributed by atoms with Crippen molar-refractivity contribution in [1.82, 2.24) is 0 Å². The van der Waals surface area contributed by atoms with Gasteiger partial charge in [-0.2, -0.15) is 0 Å². The van der Waals surface area contributed by atoms with Crippen LogP contribution < -0.4 is 4.90 Å². The highest BCUT2D eigenvalue weighted by molar-refractivity contribution is 8.93. The van der Waals surface area contributed by atoms with Crippen LogP contribution in [0.4, 0.5) is 5.69 Å². The van der Waals surface area contributed by atoms with E-state index < -0.39 is 0 Å². The lowest BCUT2D eigenvalue weighted by atomic mass is 9.93. The van der Waals surface area contributed by atoms with Crippen molar-refractivity contribution < 1.29 is 0 Å². The van der Waals surface area contributed by atoms with E-state index in [1.165, 1.54) is 22.4 Å². The Morgan fingerprint density at radius 2 is 1.90 bits per heavy atom. The molecule has 0 aromatic heterocycles. The molecule has 21 heavy (non-hydrogen) atoms. The van der Waals surface area contributed by atoms with Crippen molar-refractivity contribution in [1.29, 1.82) is 0 Å². The topological polar surface area (TPSA) is 15.6 Å². The predicted molar refractivity (Wildman–Crippen MR) is 95.2 cm³/mol.